The van der Waals surface area contributed by atoms with Gasteiger partial charge in [-0.05, 0) is 38.7 Å². The van der Waals surface area contributed by atoms with Crippen LogP contribution in [-0.2, 0) is 10.2 Å². The van der Waals surface area contributed by atoms with Crippen LogP contribution in [-0.4, -0.2) is 5.78 Å². The van der Waals surface area contributed by atoms with E-state index in [4.69, 9.17) is 0 Å². The highest BCUT2D eigenvalue weighted by atomic mass is 16.1. The first-order chi connectivity index (χ1) is 8.59. The van der Waals surface area contributed by atoms with E-state index in [1.165, 1.54) is 0 Å². The highest BCUT2D eigenvalue weighted by Crippen LogP contribution is 2.26. The first-order valence-corrected chi connectivity index (χ1v) is 6.78. The summed E-state index contributed by atoms with van der Waals surface area (Å²) in [6.07, 6.45) is 6.92. The van der Waals surface area contributed by atoms with Crippen molar-refractivity contribution in [3.05, 3.63) is 48.6 Å². The van der Waals surface area contributed by atoms with Crippen LogP contribution in [0, 0.1) is 0 Å². The van der Waals surface area contributed by atoms with Crippen LogP contribution in [0.4, 0.5) is 0 Å². The number of carbonyl (C=O) groups is 1. The largest absolute Gasteiger partial charge is 0.299 e. The summed E-state index contributed by atoms with van der Waals surface area (Å²) >= 11 is 0. The maximum Gasteiger partial charge on any atom is 0.142 e. The first kappa shape index (κ1) is 14.7. The summed E-state index contributed by atoms with van der Waals surface area (Å²) in [5, 5.41) is 0. The van der Waals surface area contributed by atoms with Gasteiger partial charge in [0.15, 0.2) is 0 Å². The number of rotatable bonds is 8. The maximum atomic E-state index is 12.3. The van der Waals surface area contributed by atoms with Gasteiger partial charge in [-0.2, -0.15) is 0 Å². The molecule has 0 atom stereocenters. The normalized spacial score (nSPS) is 11.2. The van der Waals surface area contributed by atoms with Crippen molar-refractivity contribution in [3.63, 3.8) is 0 Å². The Bertz CT molecular complexity index is 376. The molecule has 18 heavy (non-hydrogen) atoms. The Hall–Kier alpha value is -1.37. The van der Waals surface area contributed by atoms with Crippen molar-refractivity contribution in [1.29, 1.82) is 0 Å². The van der Waals surface area contributed by atoms with Crippen molar-refractivity contribution < 1.29 is 4.79 Å². The van der Waals surface area contributed by atoms with Crippen molar-refractivity contribution in [2.24, 2.45) is 0 Å². The Kier molecular flexibility index (Phi) is 5.84. The lowest BCUT2D eigenvalue weighted by Crippen LogP contribution is -2.28. The third kappa shape index (κ3) is 4.14. The average Bonchev–Trinajstić information content (AvgIpc) is 2.39. The van der Waals surface area contributed by atoms with E-state index in [0.29, 0.717) is 12.2 Å². The van der Waals surface area contributed by atoms with Gasteiger partial charge in [-0.1, -0.05) is 42.8 Å². The highest BCUT2D eigenvalue weighted by Gasteiger charge is 2.28. The SMILES string of the molecule is C=CCCCCCC(=O)C(C)(C)c1ccccc1. The molecule has 1 heteroatoms. The molecule has 0 aliphatic rings. The van der Waals surface area contributed by atoms with E-state index in [-0.39, 0.29) is 5.41 Å². The number of hydrogen-bond acceptors (Lipinski definition) is 1. The third-order valence-electron chi connectivity index (χ3n) is 3.50. The summed E-state index contributed by atoms with van der Waals surface area (Å²) in [4.78, 5) is 12.3. The smallest absolute Gasteiger partial charge is 0.142 e. The molecule has 0 aromatic heterocycles. The van der Waals surface area contributed by atoms with Crippen molar-refractivity contribution in [2.75, 3.05) is 0 Å². The first-order valence-electron chi connectivity index (χ1n) is 6.78. The fourth-order valence-corrected chi connectivity index (χ4v) is 2.08. The molecular formula is C17H24O. The Morgan fingerprint density at radius 3 is 2.44 bits per heavy atom. The van der Waals surface area contributed by atoms with Crippen molar-refractivity contribution in [2.45, 2.75) is 51.4 Å². The molecular weight excluding hydrogens is 220 g/mol. The Morgan fingerprint density at radius 1 is 1.17 bits per heavy atom. The number of benzene rings is 1. The fourth-order valence-electron chi connectivity index (χ4n) is 2.08. The van der Waals surface area contributed by atoms with Crippen LogP contribution in [0.15, 0.2) is 43.0 Å². The molecule has 0 spiro atoms. The number of carbonyl (C=O) groups excluding carboxylic acids is 1. The lowest BCUT2D eigenvalue weighted by Gasteiger charge is -2.23. The molecule has 1 rings (SSSR count). The average molecular weight is 244 g/mol. The van der Waals surface area contributed by atoms with E-state index in [1.54, 1.807) is 0 Å². The van der Waals surface area contributed by atoms with Gasteiger partial charge in [0.2, 0.25) is 0 Å². The van der Waals surface area contributed by atoms with E-state index >= 15 is 0 Å². The molecule has 98 valence electrons. The second-order valence-electron chi connectivity index (χ2n) is 5.30. The monoisotopic (exact) mass is 244 g/mol. The Labute approximate surface area is 111 Å². The van der Waals surface area contributed by atoms with E-state index in [0.717, 1.165) is 31.2 Å². The van der Waals surface area contributed by atoms with Crippen LogP contribution >= 0.6 is 0 Å². The zero-order valence-electron chi connectivity index (χ0n) is 11.6. The van der Waals surface area contributed by atoms with Gasteiger partial charge >= 0.3 is 0 Å². The Morgan fingerprint density at radius 2 is 1.83 bits per heavy atom. The topological polar surface area (TPSA) is 17.1 Å². The summed E-state index contributed by atoms with van der Waals surface area (Å²) in [6.45, 7) is 7.75. The van der Waals surface area contributed by atoms with Gasteiger partial charge in [-0.3, -0.25) is 4.79 Å². The molecule has 0 saturated heterocycles. The minimum Gasteiger partial charge on any atom is -0.299 e. The molecule has 1 aromatic carbocycles. The van der Waals surface area contributed by atoms with Crippen molar-refractivity contribution >= 4 is 5.78 Å². The molecule has 0 heterocycles. The predicted octanol–water partition coefficient (Wildman–Crippen LogP) is 4.67. The molecule has 0 amide bonds. The van der Waals surface area contributed by atoms with E-state index in [9.17, 15) is 4.79 Å². The van der Waals surface area contributed by atoms with Crippen LogP contribution in [0.1, 0.15) is 51.5 Å². The Balaban J connectivity index is 2.47. The van der Waals surface area contributed by atoms with Gasteiger partial charge < -0.3 is 0 Å². The van der Waals surface area contributed by atoms with Crippen molar-refractivity contribution in [1.82, 2.24) is 0 Å². The molecule has 1 aromatic rings. The minimum atomic E-state index is -0.361. The van der Waals surface area contributed by atoms with Crippen LogP contribution in [0.3, 0.4) is 0 Å². The van der Waals surface area contributed by atoms with E-state index in [2.05, 4.69) is 6.58 Å². The van der Waals surface area contributed by atoms with Crippen LogP contribution in [0.2, 0.25) is 0 Å². The summed E-state index contributed by atoms with van der Waals surface area (Å²) in [7, 11) is 0. The maximum absolute atomic E-state index is 12.3. The lowest BCUT2D eigenvalue weighted by atomic mass is 9.79. The summed E-state index contributed by atoms with van der Waals surface area (Å²) in [5.74, 6) is 0.340. The van der Waals surface area contributed by atoms with Crippen LogP contribution in [0.5, 0.6) is 0 Å². The molecule has 0 fully saturated rings. The predicted molar refractivity (Wildman–Crippen MR) is 77.8 cm³/mol. The fraction of sp³-hybridized carbons (Fsp3) is 0.471. The molecule has 0 radical (unpaired) electrons. The molecule has 0 saturated carbocycles. The zero-order valence-corrected chi connectivity index (χ0v) is 11.6. The van der Waals surface area contributed by atoms with Gasteiger partial charge in [0, 0.05) is 11.8 Å². The summed E-state index contributed by atoms with van der Waals surface area (Å²) < 4.78 is 0. The number of unbranched alkanes of at least 4 members (excludes halogenated alkanes) is 3. The summed E-state index contributed by atoms with van der Waals surface area (Å²) in [6, 6.07) is 10.0. The number of hydrogen-bond donors (Lipinski definition) is 0. The molecule has 0 bridgehead atoms. The minimum absolute atomic E-state index is 0.340. The van der Waals surface area contributed by atoms with Gasteiger partial charge in [0.05, 0.1) is 0 Å². The summed E-state index contributed by atoms with van der Waals surface area (Å²) in [5.41, 5.74) is 0.751. The molecule has 0 unspecified atom stereocenters. The van der Waals surface area contributed by atoms with Gasteiger partial charge in [-0.25, -0.2) is 0 Å². The van der Waals surface area contributed by atoms with E-state index < -0.39 is 0 Å². The highest BCUT2D eigenvalue weighted by molar-refractivity contribution is 5.89. The molecule has 0 aliphatic carbocycles. The molecule has 1 nitrogen and oxygen atoms in total. The van der Waals surface area contributed by atoms with Gasteiger partial charge in [0.25, 0.3) is 0 Å². The number of ketones is 1. The molecule has 0 aliphatic heterocycles. The third-order valence-corrected chi connectivity index (χ3v) is 3.50. The second kappa shape index (κ2) is 7.15. The van der Waals surface area contributed by atoms with E-state index in [1.807, 2.05) is 50.3 Å². The van der Waals surface area contributed by atoms with Crippen LogP contribution < -0.4 is 0 Å². The second-order valence-corrected chi connectivity index (χ2v) is 5.30. The number of Topliss-reactive ketones (excluding diaryl/α,β-unsaturated/α-hetero) is 1. The zero-order chi connectivity index (χ0) is 13.4. The molecule has 0 N–H and O–H groups in total. The van der Waals surface area contributed by atoms with Gasteiger partial charge in [0.1, 0.15) is 5.78 Å². The number of allylic oxidation sites excluding steroid dienone is 1. The van der Waals surface area contributed by atoms with Crippen molar-refractivity contribution in [3.8, 4) is 0 Å². The van der Waals surface area contributed by atoms with Gasteiger partial charge in [-0.15, -0.1) is 6.58 Å². The lowest BCUT2D eigenvalue weighted by molar-refractivity contribution is -0.123. The quantitative estimate of drug-likeness (QED) is 0.480. The standard InChI is InChI=1S/C17H24O/c1-4-5-6-7-11-14-16(18)17(2,3)15-12-9-8-10-13-15/h4,8-10,12-13H,1,5-7,11,14H2,2-3H3. The van der Waals surface area contributed by atoms with Crippen LogP contribution in [0.25, 0.3) is 0 Å².